The molecule has 0 saturated heterocycles. The molecule has 3 rings (SSSR count). The summed E-state index contributed by atoms with van der Waals surface area (Å²) < 4.78 is 5.79. The molecule has 0 aliphatic carbocycles. The molecule has 0 aliphatic rings. The van der Waals surface area contributed by atoms with Gasteiger partial charge in [-0.25, -0.2) is 0 Å². The van der Waals surface area contributed by atoms with Gasteiger partial charge >= 0.3 is 0 Å². The average molecular weight is 430 g/mol. The molecule has 2 aromatic carbocycles. The molecule has 1 heterocycles. The maximum atomic E-state index is 12.1. The number of phenolic OH excluding ortho intramolecular Hbond substituents is 1. The molecule has 7 nitrogen and oxygen atoms in total. The van der Waals surface area contributed by atoms with Crippen LogP contribution in [0.25, 0.3) is 11.3 Å². The van der Waals surface area contributed by atoms with Gasteiger partial charge in [0.2, 0.25) is 0 Å². The molecule has 138 valence electrons. The second-order valence-electron chi connectivity index (χ2n) is 5.65. The van der Waals surface area contributed by atoms with Gasteiger partial charge in [0.1, 0.15) is 5.75 Å². The zero-order chi connectivity index (χ0) is 19.2. The van der Waals surface area contributed by atoms with E-state index >= 15 is 0 Å². The third-order valence-electron chi connectivity index (χ3n) is 3.64. The van der Waals surface area contributed by atoms with Crippen molar-refractivity contribution in [1.82, 2.24) is 15.8 Å². The first-order chi connectivity index (χ1) is 13.0. The number of amides is 2. The summed E-state index contributed by atoms with van der Waals surface area (Å²) in [6.07, 6.45) is 0. The fourth-order valence-electron chi connectivity index (χ4n) is 2.37. The van der Waals surface area contributed by atoms with Gasteiger partial charge in [-0.3, -0.25) is 9.59 Å². The number of rotatable bonds is 6. The van der Waals surface area contributed by atoms with E-state index < -0.39 is 5.91 Å². The molecule has 0 radical (unpaired) electrons. The lowest BCUT2D eigenvalue weighted by Gasteiger charge is -2.07. The highest BCUT2D eigenvalue weighted by molar-refractivity contribution is 9.10. The number of halogens is 1. The fraction of sp³-hybridized carbons (Fsp3) is 0.105. The highest BCUT2D eigenvalue weighted by Gasteiger charge is 2.13. The Kier molecular flexibility index (Phi) is 5.87. The molecular formula is C19H16BrN3O4. The summed E-state index contributed by atoms with van der Waals surface area (Å²) in [4.78, 5) is 24.1. The van der Waals surface area contributed by atoms with E-state index in [0.717, 1.165) is 5.56 Å². The van der Waals surface area contributed by atoms with Crippen molar-refractivity contribution in [2.45, 2.75) is 0 Å². The Morgan fingerprint density at radius 2 is 1.70 bits per heavy atom. The molecular weight excluding hydrogens is 414 g/mol. The molecule has 0 atom stereocenters. The molecule has 0 fully saturated rings. The van der Waals surface area contributed by atoms with Crippen molar-refractivity contribution in [3.05, 3.63) is 70.3 Å². The van der Waals surface area contributed by atoms with E-state index in [0.29, 0.717) is 15.8 Å². The van der Waals surface area contributed by atoms with Crippen molar-refractivity contribution in [2.24, 2.45) is 0 Å². The van der Waals surface area contributed by atoms with E-state index in [1.54, 1.807) is 12.1 Å². The zero-order valence-corrected chi connectivity index (χ0v) is 15.7. The minimum Gasteiger partial charge on any atom is -0.508 e. The van der Waals surface area contributed by atoms with Gasteiger partial charge in [-0.2, -0.15) is 0 Å². The van der Waals surface area contributed by atoms with E-state index in [-0.39, 0.29) is 30.4 Å². The lowest BCUT2D eigenvalue weighted by atomic mass is 10.1. The second kappa shape index (κ2) is 8.50. The van der Waals surface area contributed by atoms with Gasteiger partial charge in [0.15, 0.2) is 11.5 Å². The summed E-state index contributed by atoms with van der Waals surface area (Å²) in [5, 5.41) is 18.6. The third-order valence-corrected chi connectivity index (χ3v) is 4.10. The minimum atomic E-state index is -0.393. The number of hydrogen-bond acceptors (Lipinski definition) is 5. The van der Waals surface area contributed by atoms with Crippen LogP contribution in [0.15, 0.2) is 63.6 Å². The van der Waals surface area contributed by atoms with Crippen molar-refractivity contribution in [2.75, 3.05) is 13.1 Å². The number of benzene rings is 2. The van der Waals surface area contributed by atoms with Crippen LogP contribution in [0.3, 0.4) is 0 Å². The first-order valence-corrected chi connectivity index (χ1v) is 8.90. The van der Waals surface area contributed by atoms with Crippen molar-refractivity contribution < 1.29 is 19.2 Å². The Labute approximate surface area is 163 Å². The Bertz CT molecular complexity index is 936. The van der Waals surface area contributed by atoms with Crippen LogP contribution in [0.1, 0.15) is 20.8 Å². The quantitative estimate of drug-likeness (QED) is 0.522. The topological polar surface area (TPSA) is 104 Å². The molecule has 0 unspecified atom stereocenters. The Morgan fingerprint density at radius 3 is 2.41 bits per heavy atom. The largest absolute Gasteiger partial charge is 0.508 e. The molecule has 8 heteroatoms. The summed E-state index contributed by atoms with van der Waals surface area (Å²) in [7, 11) is 0. The Balaban J connectivity index is 1.48. The highest BCUT2D eigenvalue weighted by Crippen LogP contribution is 2.20. The molecule has 0 bridgehead atoms. The number of phenols is 1. The fourth-order valence-corrected chi connectivity index (χ4v) is 2.85. The monoisotopic (exact) mass is 429 g/mol. The normalized spacial score (nSPS) is 10.4. The third kappa shape index (κ3) is 4.95. The van der Waals surface area contributed by atoms with Gasteiger partial charge in [-0.1, -0.05) is 51.4 Å². The predicted molar refractivity (Wildman–Crippen MR) is 102 cm³/mol. The van der Waals surface area contributed by atoms with Crippen molar-refractivity contribution in [3.8, 4) is 17.1 Å². The maximum Gasteiger partial charge on any atom is 0.273 e. The number of nitrogens with zero attached hydrogens (tertiary/aromatic N) is 1. The van der Waals surface area contributed by atoms with Gasteiger partial charge in [0, 0.05) is 34.8 Å². The summed E-state index contributed by atoms with van der Waals surface area (Å²) in [5.74, 6) is -0.254. The second-order valence-corrected chi connectivity index (χ2v) is 6.57. The first kappa shape index (κ1) is 18.7. The van der Waals surface area contributed by atoms with Crippen LogP contribution in [-0.4, -0.2) is 35.2 Å². The lowest BCUT2D eigenvalue weighted by Crippen LogP contribution is -2.34. The number of hydrogen-bond donors (Lipinski definition) is 3. The van der Waals surface area contributed by atoms with Crippen LogP contribution >= 0.6 is 15.9 Å². The van der Waals surface area contributed by atoms with Crippen LogP contribution in [0.4, 0.5) is 0 Å². The zero-order valence-electron chi connectivity index (χ0n) is 14.1. The standard InChI is InChI=1S/C19H16BrN3O4/c20-14-8-13(9-15(24)10-14)18(25)21-6-7-22-19(26)16-11-17(27-23-16)12-4-2-1-3-5-12/h1-5,8-11,24H,6-7H2,(H,21,25)(H,22,26). The van der Waals surface area contributed by atoms with Gasteiger partial charge in [-0.15, -0.1) is 0 Å². The summed E-state index contributed by atoms with van der Waals surface area (Å²) in [6.45, 7) is 0.444. The van der Waals surface area contributed by atoms with Gasteiger partial charge in [0.25, 0.3) is 11.8 Å². The van der Waals surface area contributed by atoms with Crippen LogP contribution in [0, 0.1) is 0 Å². The molecule has 0 spiro atoms. The van der Waals surface area contributed by atoms with Gasteiger partial charge in [0.05, 0.1) is 0 Å². The number of nitrogens with one attached hydrogen (secondary N) is 2. The van der Waals surface area contributed by atoms with E-state index in [4.69, 9.17) is 4.52 Å². The van der Waals surface area contributed by atoms with Crippen LogP contribution in [-0.2, 0) is 0 Å². The van der Waals surface area contributed by atoms with E-state index in [1.165, 1.54) is 12.1 Å². The molecule has 2 amide bonds. The van der Waals surface area contributed by atoms with E-state index in [9.17, 15) is 14.7 Å². The first-order valence-electron chi connectivity index (χ1n) is 8.11. The molecule has 3 N–H and O–H groups in total. The molecule has 1 aromatic heterocycles. The van der Waals surface area contributed by atoms with E-state index in [2.05, 4.69) is 31.7 Å². The van der Waals surface area contributed by atoms with Crippen LogP contribution in [0.5, 0.6) is 5.75 Å². The van der Waals surface area contributed by atoms with Crippen LogP contribution in [0.2, 0.25) is 0 Å². The number of carbonyl (C=O) groups is 2. The Morgan fingerprint density at radius 1 is 1.00 bits per heavy atom. The molecule has 27 heavy (non-hydrogen) atoms. The summed E-state index contributed by atoms with van der Waals surface area (Å²) in [6, 6.07) is 15.3. The van der Waals surface area contributed by atoms with Crippen molar-refractivity contribution in [3.63, 3.8) is 0 Å². The minimum absolute atomic E-state index is 0.0110. The summed E-state index contributed by atoms with van der Waals surface area (Å²) in [5.41, 5.74) is 1.31. The molecule has 3 aromatic rings. The summed E-state index contributed by atoms with van der Waals surface area (Å²) >= 11 is 3.21. The van der Waals surface area contributed by atoms with Crippen molar-refractivity contribution >= 4 is 27.7 Å². The van der Waals surface area contributed by atoms with Crippen LogP contribution < -0.4 is 10.6 Å². The number of carbonyl (C=O) groups excluding carboxylic acids is 2. The van der Waals surface area contributed by atoms with Gasteiger partial charge in [-0.05, 0) is 18.2 Å². The highest BCUT2D eigenvalue weighted by atomic mass is 79.9. The van der Waals surface area contributed by atoms with Crippen molar-refractivity contribution in [1.29, 1.82) is 0 Å². The Hall–Kier alpha value is -3.13. The SMILES string of the molecule is O=C(NCCNC(=O)c1cc(-c2ccccc2)on1)c1cc(O)cc(Br)c1. The molecule has 0 saturated carbocycles. The molecule has 0 aliphatic heterocycles. The number of aromatic hydroxyl groups is 1. The lowest BCUT2D eigenvalue weighted by molar-refractivity contribution is 0.0922. The van der Waals surface area contributed by atoms with Gasteiger partial charge < -0.3 is 20.3 Å². The number of aromatic nitrogens is 1. The smallest absolute Gasteiger partial charge is 0.273 e. The predicted octanol–water partition coefficient (Wildman–Crippen LogP) is 2.97. The average Bonchev–Trinajstić information content (AvgIpc) is 3.15. The van der Waals surface area contributed by atoms with E-state index in [1.807, 2.05) is 30.3 Å². The maximum absolute atomic E-state index is 12.1.